The van der Waals surface area contributed by atoms with Gasteiger partial charge in [0.1, 0.15) is 5.75 Å². The molecule has 0 radical (unpaired) electrons. The van der Waals surface area contributed by atoms with Crippen molar-refractivity contribution in [3.05, 3.63) is 29.8 Å². The van der Waals surface area contributed by atoms with Crippen LogP contribution < -0.4 is 15.4 Å². The fourth-order valence-corrected chi connectivity index (χ4v) is 2.74. The van der Waals surface area contributed by atoms with Crippen LogP contribution >= 0.6 is 0 Å². The van der Waals surface area contributed by atoms with Crippen molar-refractivity contribution < 1.29 is 14.3 Å². The minimum Gasteiger partial charge on any atom is -0.497 e. The summed E-state index contributed by atoms with van der Waals surface area (Å²) in [5.74, 6) is 1.04. The summed E-state index contributed by atoms with van der Waals surface area (Å²) in [5.41, 5.74) is 1.01. The van der Waals surface area contributed by atoms with Gasteiger partial charge in [-0.2, -0.15) is 0 Å². The van der Waals surface area contributed by atoms with Gasteiger partial charge in [-0.1, -0.05) is 18.6 Å². The van der Waals surface area contributed by atoms with E-state index in [9.17, 15) is 9.59 Å². The summed E-state index contributed by atoms with van der Waals surface area (Å²) in [4.78, 5) is 25.6. The van der Waals surface area contributed by atoms with Gasteiger partial charge in [-0.05, 0) is 37.0 Å². The average molecular weight is 333 g/mol. The highest BCUT2D eigenvalue weighted by Crippen LogP contribution is 2.11. The number of carbonyl (C=O) groups excluding carboxylic acids is 2. The van der Waals surface area contributed by atoms with Crippen molar-refractivity contribution in [2.24, 2.45) is 0 Å². The van der Waals surface area contributed by atoms with Gasteiger partial charge in [0.25, 0.3) is 0 Å². The molecule has 6 nitrogen and oxygen atoms in total. The molecule has 1 heterocycles. The zero-order valence-corrected chi connectivity index (χ0v) is 14.3. The normalized spacial score (nSPS) is 14.9. The summed E-state index contributed by atoms with van der Waals surface area (Å²) in [5, 5.41) is 5.66. The van der Waals surface area contributed by atoms with Gasteiger partial charge in [0.05, 0.1) is 7.11 Å². The minimum atomic E-state index is -0.187. The van der Waals surface area contributed by atoms with Crippen molar-refractivity contribution in [1.29, 1.82) is 0 Å². The van der Waals surface area contributed by atoms with Crippen LogP contribution in [0.25, 0.3) is 0 Å². The predicted molar refractivity (Wildman–Crippen MR) is 92.9 cm³/mol. The maximum absolute atomic E-state index is 11.9. The van der Waals surface area contributed by atoms with Gasteiger partial charge < -0.3 is 20.3 Å². The Balaban J connectivity index is 1.59. The molecule has 0 saturated carbocycles. The van der Waals surface area contributed by atoms with Crippen molar-refractivity contribution >= 4 is 11.9 Å². The van der Waals surface area contributed by atoms with E-state index in [0.717, 1.165) is 50.1 Å². The van der Waals surface area contributed by atoms with Gasteiger partial charge in [0.15, 0.2) is 0 Å². The maximum atomic E-state index is 11.9. The molecule has 3 amide bonds. The molecule has 1 aliphatic rings. The second-order valence-electron chi connectivity index (χ2n) is 6.00. The number of likely N-dealkylation sites (tertiary alicyclic amines) is 1. The Morgan fingerprint density at radius 2 is 1.96 bits per heavy atom. The highest BCUT2D eigenvalue weighted by Gasteiger charge is 2.15. The van der Waals surface area contributed by atoms with E-state index in [1.54, 1.807) is 7.11 Å². The molecule has 132 valence electrons. The number of hydrogen-bond acceptors (Lipinski definition) is 3. The lowest BCUT2D eigenvalue weighted by Crippen LogP contribution is -2.38. The van der Waals surface area contributed by atoms with E-state index in [0.29, 0.717) is 19.5 Å². The van der Waals surface area contributed by atoms with E-state index >= 15 is 0 Å². The molecule has 6 heteroatoms. The number of carbonyl (C=O) groups is 2. The number of benzene rings is 1. The summed E-state index contributed by atoms with van der Waals surface area (Å²) < 4.78 is 5.10. The zero-order valence-electron chi connectivity index (χ0n) is 14.3. The topological polar surface area (TPSA) is 70.7 Å². The summed E-state index contributed by atoms with van der Waals surface area (Å²) in [6.45, 7) is 2.61. The van der Waals surface area contributed by atoms with E-state index in [1.165, 1.54) is 0 Å². The third kappa shape index (κ3) is 6.10. The highest BCUT2D eigenvalue weighted by atomic mass is 16.5. The minimum absolute atomic E-state index is 0.187. The van der Waals surface area contributed by atoms with E-state index in [2.05, 4.69) is 10.6 Å². The van der Waals surface area contributed by atoms with Crippen LogP contribution in [-0.4, -0.2) is 43.6 Å². The quantitative estimate of drug-likeness (QED) is 0.752. The Hall–Kier alpha value is -2.24. The number of hydrogen-bond donors (Lipinski definition) is 2. The molecule has 2 rings (SSSR count). The maximum Gasteiger partial charge on any atom is 0.315 e. The molecular weight excluding hydrogens is 306 g/mol. The molecule has 0 aromatic heterocycles. The lowest BCUT2D eigenvalue weighted by Gasteiger charge is -2.20. The van der Waals surface area contributed by atoms with E-state index < -0.39 is 0 Å². The Labute approximate surface area is 143 Å². The largest absolute Gasteiger partial charge is 0.497 e. The van der Waals surface area contributed by atoms with Crippen LogP contribution in [0.3, 0.4) is 0 Å². The molecule has 0 spiro atoms. The van der Waals surface area contributed by atoms with Gasteiger partial charge in [0.2, 0.25) is 5.91 Å². The summed E-state index contributed by atoms with van der Waals surface area (Å²) in [6.07, 6.45) is 4.66. The first-order valence-corrected chi connectivity index (χ1v) is 8.61. The first kappa shape index (κ1) is 18.1. The highest BCUT2D eigenvalue weighted by molar-refractivity contribution is 5.76. The van der Waals surface area contributed by atoms with Gasteiger partial charge in [0, 0.05) is 32.6 Å². The third-order valence-corrected chi connectivity index (χ3v) is 4.17. The Kier molecular flexibility index (Phi) is 7.39. The number of nitrogens with zero attached hydrogens (tertiary/aromatic N) is 1. The molecule has 0 unspecified atom stereocenters. The van der Waals surface area contributed by atoms with Crippen molar-refractivity contribution in [2.45, 2.75) is 38.6 Å². The Bertz CT molecular complexity index is 531. The van der Waals surface area contributed by atoms with Crippen molar-refractivity contribution in [2.75, 3.05) is 26.7 Å². The second kappa shape index (κ2) is 9.80. The Morgan fingerprint density at radius 1 is 1.17 bits per heavy atom. The van der Waals surface area contributed by atoms with Crippen LogP contribution in [0.4, 0.5) is 4.79 Å². The van der Waals surface area contributed by atoms with Gasteiger partial charge >= 0.3 is 6.03 Å². The number of urea groups is 1. The Morgan fingerprint density at radius 3 is 2.71 bits per heavy atom. The van der Waals surface area contributed by atoms with Gasteiger partial charge in [-0.15, -0.1) is 0 Å². The van der Waals surface area contributed by atoms with Crippen LogP contribution in [0.1, 0.15) is 37.7 Å². The van der Waals surface area contributed by atoms with Gasteiger partial charge in [-0.25, -0.2) is 4.79 Å². The monoisotopic (exact) mass is 333 g/mol. The van der Waals surface area contributed by atoms with Crippen LogP contribution in [0, 0.1) is 0 Å². The molecule has 1 aromatic rings. The SMILES string of the molecule is COc1ccc(CNC(=O)NCCCN2CCCCCC2=O)cc1. The fourth-order valence-electron chi connectivity index (χ4n) is 2.74. The standard InChI is InChI=1S/C18H27N3O3/c1-24-16-9-7-15(8-10-16)14-20-18(23)19-11-5-13-21-12-4-2-3-6-17(21)22/h7-10H,2-6,11-14H2,1H3,(H2,19,20,23). The predicted octanol–water partition coefficient (Wildman–Crippen LogP) is 2.29. The molecule has 2 N–H and O–H groups in total. The lowest BCUT2D eigenvalue weighted by molar-refractivity contribution is -0.130. The molecule has 0 aliphatic carbocycles. The summed E-state index contributed by atoms with van der Waals surface area (Å²) in [7, 11) is 1.62. The molecule has 1 fully saturated rings. The molecular formula is C18H27N3O3. The molecule has 0 bridgehead atoms. The molecule has 1 saturated heterocycles. The molecule has 24 heavy (non-hydrogen) atoms. The third-order valence-electron chi connectivity index (χ3n) is 4.17. The molecule has 0 atom stereocenters. The summed E-state index contributed by atoms with van der Waals surface area (Å²) >= 11 is 0. The van der Waals surface area contributed by atoms with Gasteiger partial charge in [-0.3, -0.25) is 4.79 Å². The van der Waals surface area contributed by atoms with Crippen LogP contribution in [0.5, 0.6) is 5.75 Å². The van der Waals surface area contributed by atoms with E-state index in [4.69, 9.17) is 4.74 Å². The number of rotatable bonds is 7. The fraction of sp³-hybridized carbons (Fsp3) is 0.556. The molecule has 1 aromatic carbocycles. The first-order valence-electron chi connectivity index (χ1n) is 8.61. The number of amides is 3. The second-order valence-corrected chi connectivity index (χ2v) is 6.00. The number of methoxy groups -OCH3 is 1. The summed E-state index contributed by atoms with van der Waals surface area (Å²) in [6, 6.07) is 7.39. The lowest BCUT2D eigenvalue weighted by atomic mass is 10.2. The van der Waals surface area contributed by atoms with Crippen molar-refractivity contribution in [1.82, 2.24) is 15.5 Å². The average Bonchev–Trinajstić information content (AvgIpc) is 2.81. The number of nitrogens with one attached hydrogen (secondary N) is 2. The smallest absolute Gasteiger partial charge is 0.315 e. The van der Waals surface area contributed by atoms with Crippen molar-refractivity contribution in [3.63, 3.8) is 0 Å². The molecule has 1 aliphatic heterocycles. The van der Waals surface area contributed by atoms with Crippen LogP contribution in [-0.2, 0) is 11.3 Å². The number of ether oxygens (including phenoxy) is 1. The van der Waals surface area contributed by atoms with Crippen LogP contribution in [0.15, 0.2) is 24.3 Å². The first-order chi connectivity index (χ1) is 11.7. The zero-order chi connectivity index (χ0) is 17.2. The van der Waals surface area contributed by atoms with Crippen LogP contribution in [0.2, 0.25) is 0 Å². The van der Waals surface area contributed by atoms with E-state index in [1.807, 2.05) is 29.2 Å². The van der Waals surface area contributed by atoms with E-state index in [-0.39, 0.29) is 11.9 Å². The van der Waals surface area contributed by atoms with Crippen molar-refractivity contribution in [3.8, 4) is 5.75 Å².